The Bertz CT molecular complexity index is 465. The number of rotatable bonds is 4. The van der Waals surface area contributed by atoms with Crippen LogP contribution in [-0.2, 0) is 11.2 Å². The van der Waals surface area contributed by atoms with Crippen LogP contribution in [0.2, 0.25) is 0 Å². The van der Waals surface area contributed by atoms with E-state index in [1.165, 1.54) is 12.1 Å². The first-order valence-corrected chi connectivity index (χ1v) is 5.50. The van der Waals surface area contributed by atoms with E-state index in [0.717, 1.165) is 12.0 Å². The molecule has 0 heterocycles. The van der Waals surface area contributed by atoms with Crippen molar-refractivity contribution in [2.24, 2.45) is 5.41 Å². The minimum atomic E-state index is -0.796. The van der Waals surface area contributed by atoms with E-state index >= 15 is 0 Å². The molecule has 1 aliphatic carbocycles. The normalized spacial score (nSPS) is 17.2. The van der Waals surface area contributed by atoms with Gasteiger partial charge in [-0.15, -0.1) is 0 Å². The number of non-ortho nitro benzene ring substituents is 1. The molecule has 0 radical (unpaired) electrons. The molecule has 1 N–H and O–H groups in total. The van der Waals surface area contributed by atoms with Crippen LogP contribution in [0.3, 0.4) is 0 Å². The number of hydrogen-bond donors (Lipinski definition) is 1. The Morgan fingerprint density at radius 2 is 2.18 bits per heavy atom. The summed E-state index contributed by atoms with van der Waals surface area (Å²) in [5, 5.41) is 19.8. The third-order valence-electron chi connectivity index (χ3n) is 3.43. The topological polar surface area (TPSA) is 80.4 Å². The van der Waals surface area contributed by atoms with Crippen molar-refractivity contribution in [3.63, 3.8) is 0 Å². The Morgan fingerprint density at radius 3 is 2.65 bits per heavy atom. The first kappa shape index (κ1) is 11.6. The Balaban J connectivity index is 2.21. The van der Waals surface area contributed by atoms with Gasteiger partial charge in [0.2, 0.25) is 0 Å². The predicted octanol–water partition coefficient (Wildman–Crippen LogP) is 2.39. The molecular formula is C12H13NO4. The van der Waals surface area contributed by atoms with Crippen molar-refractivity contribution in [2.45, 2.75) is 25.7 Å². The lowest BCUT2D eigenvalue weighted by Gasteiger charge is -2.37. The number of carboxylic acid groups (broad SMARTS) is 1. The van der Waals surface area contributed by atoms with E-state index < -0.39 is 16.3 Å². The largest absolute Gasteiger partial charge is 0.481 e. The van der Waals surface area contributed by atoms with Crippen molar-refractivity contribution in [3.8, 4) is 0 Å². The van der Waals surface area contributed by atoms with Crippen LogP contribution in [0.4, 0.5) is 5.69 Å². The van der Waals surface area contributed by atoms with Crippen LogP contribution in [0.15, 0.2) is 24.3 Å². The van der Waals surface area contributed by atoms with Gasteiger partial charge in [0, 0.05) is 12.1 Å². The molecule has 0 aromatic heterocycles. The van der Waals surface area contributed by atoms with Gasteiger partial charge in [0.15, 0.2) is 0 Å². The van der Waals surface area contributed by atoms with Crippen LogP contribution in [-0.4, -0.2) is 16.0 Å². The molecule has 1 aromatic carbocycles. The summed E-state index contributed by atoms with van der Waals surface area (Å²) in [4.78, 5) is 21.4. The van der Waals surface area contributed by atoms with Crippen LogP contribution in [0.25, 0.3) is 0 Å². The number of nitro benzene ring substituents is 1. The lowest BCUT2D eigenvalue weighted by Crippen LogP contribution is -2.39. The van der Waals surface area contributed by atoms with Gasteiger partial charge in [-0.3, -0.25) is 14.9 Å². The monoisotopic (exact) mass is 235 g/mol. The van der Waals surface area contributed by atoms with Gasteiger partial charge in [0.05, 0.1) is 10.3 Å². The number of benzene rings is 1. The second kappa shape index (κ2) is 4.16. The van der Waals surface area contributed by atoms with Gasteiger partial charge in [-0.05, 0) is 24.8 Å². The highest BCUT2D eigenvalue weighted by molar-refractivity contribution is 5.76. The summed E-state index contributed by atoms with van der Waals surface area (Å²) in [5.41, 5.74) is 0.0403. The fourth-order valence-electron chi connectivity index (χ4n) is 2.24. The van der Waals surface area contributed by atoms with Gasteiger partial charge < -0.3 is 5.11 Å². The maximum absolute atomic E-state index is 11.2. The Kier molecular flexibility index (Phi) is 2.83. The summed E-state index contributed by atoms with van der Waals surface area (Å²) in [6.07, 6.45) is 2.61. The van der Waals surface area contributed by atoms with Crippen LogP contribution < -0.4 is 0 Å². The fourth-order valence-corrected chi connectivity index (χ4v) is 2.24. The number of aliphatic carboxylic acids is 1. The summed E-state index contributed by atoms with van der Waals surface area (Å²) < 4.78 is 0. The van der Waals surface area contributed by atoms with Crippen molar-refractivity contribution in [2.75, 3.05) is 0 Å². The number of hydrogen-bond acceptors (Lipinski definition) is 3. The first-order valence-electron chi connectivity index (χ1n) is 5.50. The number of carbonyl (C=O) groups is 1. The molecular weight excluding hydrogens is 222 g/mol. The zero-order chi connectivity index (χ0) is 12.5. The molecule has 0 spiro atoms. The molecule has 17 heavy (non-hydrogen) atoms. The van der Waals surface area contributed by atoms with Crippen molar-refractivity contribution in [3.05, 3.63) is 39.9 Å². The zero-order valence-corrected chi connectivity index (χ0v) is 9.26. The summed E-state index contributed by atoms with van der Waals surface area (Å²) in [6.45, 7) is 0. The summed E-state index contributed by atoms with van der Waals surface area (Å²) >= 11 is 0. The summed E-state index contributed by atoms with van der Waals surface area (Å²) in [6, 6.07) is 6.22. The van der Waals surface area contributed by atoms with Gasteiger partial charge in [-0.2, -0.15) is 0 Å². The Morgan fingerprint density at radius 1 is 1.47 bits per heavy atom. The number of nitro groups is 1. The van der Waals surface area contributed by atoms with Crippen LogP contribution in [0.5, 0.6) is 0 Å². The first-order chi connectivity index (χ1) is 8.03. The maximum atomic E-state index is 11.2. The van der Waals surface area contributed by atoms with E-state index in [4.69, 9.17) is 0 Å². The molecule has 0 saturated heterocycles. The highest BCUT2D eigenvalue weighted by Gasteiger charge is 2.44. The standard InChI is InChI=1S/C12H13NO4/c14-11(15)12(5-2-6-12)8-9-3-1-4-10(7-9)13(16)17/h1,3-4,7H,2,5-6,8H2,(H,14,15). The third kappa shape index (κ3) is 2.13. The second-order valence-corrected chi connectivity index (χ2v) is 4.54. The molecule has 0 bridgehead atoms. The van der Waals surface area contributed by atoms with E-state index in [9.17, 15) is 20.0 Å². The molecule has 0 aliphatic heterocycles. The van der Waals surface area contributed by atoms with Crippen LogP contribution in [0, 0.1) is 15.5 Å². The molecule has 0 atom stereocenters. The van der Waals surface area contributed by atoms with E-state index in [-0.39, 0.29) is 5.69 Å². The number of carboxylic acids is 1. The van der Waals surface area contributed by atoms with Crippen molar-refractivity contribution in [1.29, 1.82) is 0 Å². The molecule has 5 nitrogen and oxygen atoms in total. The van der Waals surface area contributed by atoms with E-state index in [1.54, 1.807) is 12.1 Å². The third-order valence-corrected chi connectivity index (χ3v) is 3.43. The van der Waals surface area contributed by atoms with E-state index in [0.29, 0.717) is 19.3 Å². The quantitative estimate of drug-likeness (QED) is 0.641. The highest BCUT2D eigenvalue weighted by Crippen LogP contribution is 2.44. The smallest absolute Gasteiger partial charge is 0.309 e. The summed E-state index contributed by atoms with van der Waals surface area (Å²) in [7, 11) is 0. The van der Waals surface area contributed by atoms with Gasteiger partial charge in [0.1, 0.15) is 0 Å². The van der Waals surface area contributed by atoms with E-state index in [1.807, 2.05) is 0 Å². The SMILES string of the molecule is O=C(O)C1(Cc2cccc([N+](=O)[O-])c2)CCC1. The van der Waals surface area contributed by atoms with Crippen molar-refractivity contribution >= 4 is 11.7 Å². The van der Waals surface area contributed by atoms with Crippen LogP contribution in [0.1, 0.15) is 24.8 Å². The van der Waals surface area contributed by atoms with E-state index in [2.05, 4.69) is 0 Å². The van der Waals surface area contributed by atoms with Gasteiger partial charge in [-0.25, -0.2) is 0 Å². The van der Waals surface area contributed by atoms with Crippen LogP contribution >= 0.6 is 0 Å². The number of nitrogens with zero attached hydrogens (tertiary/aromatic N) is 1. The van der Waals surface area contributed by atoms with Gasteiger partial charge in [0.25, 0.3) is 5.69 Å². The minimum absolute atomic E-state index is 0.0161. The molecule has 2 rings (SSSR count). The average molecular weight is 235 g/mol. The van der Waals surface area contributed by atoms with Gasteiger partial charge in [-0.1, -0.05) is 18.6 Å². The molecule has 0 amide bonds. The molecule has 1 aromatic rings. The molecule has 0 unspecified atom stereocenters. The maximum Gasteiger partial charge on any atom is 0.309 e. The van der Waals surface area contributed by atoms with Crippen molar-refractivity contribution < 1.29 is 14.8 Å². The molecule has 1 saturated carbocycles. The molecule has 1 fully saturated rings. The molecule has 90 valence electrons. The molecule has 1 aliphatic rings. The Labute approximate surface area is 98.2 Å². The highest BCUT2D eigenvalue weighted by atomic mass is 16.6. The van der Waals surface area contributed by atoms with Crippen molar-refractivity contribution in [1.82, 2.24) is 0 Å². The second-order valence-electron chi connectivity index (χ2n) is 4.54. The lowest BCUT2D eigenvalue weighted by molar-refractivity contribution is -0.384. The Hall–Kier alpha value is -1.91. The molecule has 5 heteroatoms. The zero-order valence-electron chi connectivity index (χ0n) is 9.26. The summed E-state index contributed by atoms with van der Waals surface area (Å²) in [5.74, 6) is -0.796. The minimum Gasteiger partial charge on any atom is -0.481 e. The van der Waals surface area contributed by atoms with Gasteiger partial charge >= 0.3 is 5.97 Å². The predicted molar refractivity (Wildman–Crippen MR) is 60.7 cm³/mol. The average Bonchev–Trinajstić information content (AvgIpc) is 2.23. The fraction of sp³-hybridized carbons (Fsp3) is 0.417. The lowest BCUT2D eigenvalue weighted by atomic mass is 9.65.